The molecule has 0 spiro atoms. The van der Waals surface area contributed by atoms with Gasteiger partial charge in [0.25, 0.3) is 11.8 Å². The fraction of sp³-hybridized carbons (Fsp3) is 0.467. The number of rotatable bonds is 2. The van der Waals surface area contributed by atoms with Crippen LogP contribution in [0.1, 0.15) is 15.9 Å². The Kier molecular flexibility index (Phi) is 5.39. The van der Waals surface area contributed by atoms with E-state index in [1.807, 2.05) is 12.1 Å². The number of likely N-dealkylation sites (N-methyl/N-ethyl adjacent to an activating group) is 1. The number of morpholine rings is 1. The summed E-state index contributed by atoms with van der Waals surface area (Å²) in [6, 6.07) is 5.50. The van der Waals surface area contributed by atoms with Gasteiger partial charge in [-0.25, -0.2) is 0 Å². The van der Waals surface area contributed by atoms with Gasteiger partial charge in [-0.05, 0) is 24.1 Å². The summed E-state index contributed by atoms with van der Waals surface area (Å²) >= 11 is 0. The molecule has 2 heterocycles. The van der Waals surface area contributed by atoms with Crippen LogP contribution in [0.25, 0.3) is 0 Å². The molecule has 0 saturated carbocycles. The number of carbonyl (C=O) groups excluding carboxylic acids is 2. The molecule has 120 valence electrons. The summed E-state index contributed by atoms with van der Waals surface area (Å²) in [6.07, 6.45) is 0.370. The Balaban J connectivity index is 0.00000176. The van der Waals surface area contributed by atoms with Crippen LogP contribution >= 0.6 is 12.4 Å². The summed E-state index contributed by atoms with van der Waals surface area (Å²) in [6.45, 7) is 2.55. The van der Waals surface area contributed by atoms with Crippen molar-refractivity contribution in [2.45, 2.75) is 12.5 Å². The van der Waals surface area contributed by atoms with Gasteiger partial charge in [0, 0.05) is 37.9 Å². The zero-order valence-electron chi connectivity index (χ0n) is 12.4. The van der Waals surface area contributed by atoms with E-state index >= 15 is 0 Å². The predicted molar refractivity (Wildman–Crippen MR) is 85.6 cm³/mol. The Hall–Kier alpha value is -1.63. The molecule has 1 fully saturated rings. The standard InChI is InChI=1S/C15H19N3O3.ClH/c1-18-6-4-10-2-3-11(8-12(10)15(18)20)17-14(19)13-9-16-5-7-21-13;/h2-3,8,13,16H,4-7,9H2,1H3,(H,17,19);1H. The third kappa shape index (κ3) is 3.40. The van der Waals surface area contributed by atoms with Gasteiger partial charge in [-0.15, -0.1) is 12.4 Å². The minimum absolute atomic E-state index is 0. The Bertz CT molecular complexity index is 573. The molecule has 1 aromatic rings. The number of benzene rings is 1. The lowest BCUT2D eigenvalue weighted by Crippen LogP contribution is -2.45. The van der Waals surface area contributed by atoms with E-state index in [-0.39, 0.29) is 24.2 Å². The fourth-order valence-electron chi connectivity index (χ4n) is 2.62. The molecule has 7 heteroatoms. The van der Waals surface area contributed by atoms with Crippen LogP contribution in [0.5, 0.6) is 0 Å². The average Bonchev–Trinajstić information content (AvgIpc) is 2.52. The molecule has 3 rings (SSSR count). The number of hydrogen-bond donors (Lipinski definition) is 2. The first-order valence-electron chi connectivity index (χ1n) is 7.17. The predicted octanol–water partition coefficient (Wildman–Crippen LogP) is 0.663. The number of halogens is 1. The van der Waals surface area contributed by atoms with E-state index in [1.165, 1.54) is 0 Å². The smallest absolute Gasteiger partial charge is 0.254 e. The van der Waals surface area contributed by atoms with Crippen LogP contribution in [0, 0.1) is 0 Å². The number of anilines is 1. The molecule has 1 atom stereocenters. The van der Waals surface area contributed by atoms with Gasteiger partial charge in [0.05, 0.1) is 6.61 Å². The van der Waals surface area contributed by atoms with Gasteiger partial charge in [-0.3, -0.25) is 9.59 Å². The molecule has 2 aliphatic heterocycles. The highest BCUT2D eigenvalue weighted by Gasteiger charge is 2.24. The first-order valence-corrected chi connectivity index (χ1v) is 7.17. The molecule has 22 heavy (non-hydrogen) atoms. The minimum Gasteiger partial charge on any atom is -0.366 e. The lowest BCUT2D eigenvalue weighted by Gasteiger charge is -2.26. The van der Waals surface area contributed by atoms with Crippen molar-refractivity contribution in [3.63, 3.8) is 0 Å². The SMILES string of the molecule is CN1CCc2ccc(NC(=O)C3CNCCO3)cc2C1=O.Cl. The third-order valence-corrected chi connectivity index (χ3v) is 3.89. The highest BCUT2D eigenvalue weighted by Crippen LogP contribution is 2.22. The van der Waals surface area contributed by atoms with E-state index in [1.54, 1.807) is 18.0 Å². The summed E-state index contributed by atoms with van der Waals surface area (Å²) < 4.78 is 5.41. The van der Waals surface area contributed by atoms with Crippen LogP contribution in [-0.2, 0) is 16.0 Å². The van der Waals surface area contributed by atoms with Crippen molar-refractivity contribution in [2.75, 3.05) is 38.6 Å². The van der Waals surface area contributed by atoms with Gasteiger partial charge in [-0.2, -0.15) is 0 Å². The van der Waals surface area contributed by atoms with Crippen LogP contribution in [0.4, 0.5) is 5.69 Å². The summed E-state index contributed by atoms with van der Waals surface area (Å²) in [7, 11) is 1.79. The van der Waals surface area contributed by atoms with E-state index < -0.39 is 6.10 Å². The van der Waals surface area contributed by atoms with Crippen molar-refractivity contribution in [1.82, 2.24) is 10.2 Å². The largest absolute Gasteiger partial charge is 0.366 e. The van der Waals surface area contributed by atoms with Crippen LogP contribution < -0.4 is 10.6 Å². The second kappa shape index (κ2) is 7.09. The third-order valence-electron chi connectivity index (χ3n) is 3.89. The van der Waals surface area contributed by atoms with Gasteiger partial charge in [0.2, 0.25) is 0 Å². The summed E-state index contributed by atoms with van der Waals surface area (Å²) in [4.78, 5) is 25.9. The van der Waals surface area contributed by atoms with Gasteiger partial charge in [-0.1, -0.05) is 6.07 Å². The quantitative estimate of drug-likeness (QED) is 0.838. The van der Waals surface area contributed by atoms with Crippen molar-refractivity contribution >= 4 is 29.9 Å². The maximum atomic E-state index is 12.1. The Morgan fingerprint density at radius 1 is 1.45 bits per heavy atom. The van der Waals surface area contributed by atoms with Crippen molar-refractivity contribution < 1.29 is 14.3 Å². The van der Waals surface area contributed by atoms with E-state index in [0.717, 1.165) is 25.1 Å². The lowest BCUT2D eigenvalue weighted by atomic mass is 9.98. The van der Waals surface area contributed by atoms with Crippen LogP contribution in [0.15, 0.2) is 18.2 Å². The van der Waals surface area contributed by atoms with Crippen LogP contribution in [0.3, 0.4) is 0 Å². The Morgan fingerprint density at radius 3 is 3.00 bits per heavy atom. The molecule has 1 aromatic carbocycles. The number of amides is 2. The summed E-state index contributed by atoms with van der Waals surface area (Å²) in [5.74, 6) is -0.179. The highest BCUT2D eigenvalue weighted by molar-refractivity contribution is 6.00. The number of carbonyl (C=O) groups is 2. The first-order chi connectivity index (χ1) is 10.1. The van der Waals surface area contributed by atoms with Crippen molar-refractivity contribution in [2.24, 2.45) is 0 Å². The van der Waals surface area contributed by atoms with Crippen molar-refractivity contribution in [3.8, 4) is 0 Å². The topological polar surface area (TPSA) is 70.7 Å². The molecule has 0 aromatic heterocycles. The van der Waals surface area contributed by atoms with Crippen LogP contribution in [0.2, 0.25) is 0 Å². The molecular weight excluding hydrogens is 306 g/mol. The van der Waals surface area contributed by atoms with Crippen molar-refractivity contribution in [3.05, 3.63) is 29.3 Å². The van der Waals surface area contributed by atoms with E-state index in [4.69, 9.17) is 4.74 Å². The highest BCUT2D eigenvalue weighted by atomic mass is 35.5. The first kappa shape index (κ1) is 16.7. The molecule has 0 aliphatic carbocycles. The van der Waals surface area contributed by atoms with Gasteiger partial charge in [0.15, 0.2) is 0 Å². The molecule has 0 radical (unpaired) electrons. The zero-order chi connectivity index (χ0) is 14.8. The number of hydrogen-bond acceptors (Lipinski definition) is 4. The van der Waals surface area contributed by atoms with Gasteiger partial charge < -0.3 is 20.3 Å². The normalized spacial score (nSPS) is 20.9. The molecule has 1 saturated heterocycles. The lowest BCUT2D eigenvalue weighted by molar-refractivity contribution is -0.128. The van der Waals surface area contributed by atoms with E-state index in [0.29, 0.717) is 24.4 Å². The molecule has 2 amide bonds. The number of nitrogens with zero attached hydrogens (tertiary/aromatic N) is 1. The van der Waals surface area contributed by atoms with Gasteiger partial charge in [0.1, 0.15) is 6.10 Å². The van der Waals surface area contributed by atoms with E-state index in [9.17, 15) is 9.59 Å². The monoisotopic (exact) mass is 325 g/mol. The summed E-state index contributed by atoms with van der Waals surface area (Å²) in [5, 5.41) is 5.94. The Labute approximate surface area is 135 Å². The number of ether oxygens (including phenoxy) is 1. The molecular formula is C15H20ClN3O3. The van der Waals surface area contributed by atoms with E-state index in [2.05, 4.69) is 10.6 Å². The molecule has 0 bridgehead atoms. The molecule has 1 unspecified atom stereocenters. The zero-order valence-corrected chi connectivity index (χ0v) is 13.2. The second-order valence-corrected chi connectivity index (χ2v) is 5.40. The summed E-state index contributed by atoms with van der Waals surface area (Å²) in [5.41, 5.74) is 2.34. The molecule has 6 nitrogen and oxygen atoms in total. The Morgan fingerprint density at radius 2 is 2.27 bits per heavy atom. The minimum atomic E-state index is -0.479. The fourth-order valence-corrected chi connectivity index (χ4v) is 2.62. The number of fused-ring (bicyclic) bond motifs is 1. The molecule has 2 N–H and O–H groups in total. The maximum Gasteiger partial charge on any atom is 0.254 e. The van der Waals surface area contributed by atoms with Gasteiger partial charge >= 0.3 is 0 Å². The average molecular weight is 326 g/mol. The molecule has 2 aliphatic rings. The second-order valence-electron chi connectivity index (χ2n) is 5.40. The number of nitrogens with one attached hydrogen (secondary N) is 2. The van der Waals surface area contributed by atoms with Crippen molar-refractivity contribution in [1.29, 1.82) is 0 Å². The maximum absolute atomic E-state index is 12.1. The van der Waals surface area contributed by atoms with Crippen LogP contribution in [-0.4, -0.2) is 56.1 Å².